The van der Waals surface area contributed by atoms with E-state index in [1.165, 1.54) is 22.5 Å². The highest BCUT2D eigenvalue weighted by molar-refractivity contribution is 7.98. The predicted molar refractivity (Wildman–Crippen MR) is 81.7 cm³/mol. The highest BCUT2D eigenvalue weighted by Crippen LogP contribution is 2.25. The molecule has 0 saturated carbocycles. The van der Waals surface area contributed by atoms with Crippen molar-refractivity contribution in [3.8, 4) is 0 Å². The standard InChI is InChI=1S/C14H14N4O2S/c1-8-3-4-11-10(6-13(19)20-12(11)5-8)7-21-14-17-16-9(2)18(14)15/h3-6H,7,15H2,1-2H3. The van der Waals surface area contributed by atoms with Gasteiger partial charge in [-0.1, -0.05) is 23.9 Å². The number of thioether (sulfide) groups is 1. The maximum absolute atomic E-state index is 11.7. The molecule has 0 fully saturated rings. The Balaban J connectivity index is 1.97. The van der Waals surface area contributed by atoms with Crippen LogP contribution in [0.15, 0.2) is 38.6 Å². The quantitative estimate of drug-likeness (QED) is 0.452. The van der Waals surface area contributed by atoms with Crippen molar-refractivity contribution in [2.24, 2.45) is 0 Å². The highest BCUT2D eigenvalue weighted by atomic mass is 32.2. The first-order valence-corrected chi connectivity index (χ1v) is 7.36. The third-order valence-corrected chi connectivity index (χ3v) is 4.17. The smallest absolute Gasteiger partial charge is 0.336 e. The van der Waals surface area contributed by atoms with Gasteiger partial charge in [0.1, 0.15) is 11.4 Å². The molecular formula is C14H14N4O2S. The lowest BCUT2D eigenvalue weighted by atomic mass is 10.1. The fraction of sp³-hybridized carbons (Fsp3) is 0.214. The molecule has 21 heavy (non-hydrogen) atoms. The molecule has 2 aromatic heterocycles. The van der Waals surface area contributed by atoms with Gasteiger partial charge in [-0.15, -0.1) is 10.2 Å². The van der Waals surface area contributed by atoms with Crippen molar-refractivity contribution in [1.82, 2.24) is 14.9 Å². The zero-order valence-corrected chi connectivity index (χ0v) is 12.5. The Kier molecular flexibility index (Phi) is 3.42. The van der Waals surface area contributed by atoms with E-state index in [1.54, 1.807) is 6.92 Å². The molecule has 0 unspecified atom stereocenters. The van der Waals surface area contributed by atoms with Crippen molar-refractivity contribution >= 4 is 22.7 Å². The van der Waals surface area contributed by atoms with Gasteiger partial charge in [0.05, 0.1) is 0 Å². The first-order valence-electron chi connectivity index (χ1n) is 6.38. The van der Waals surface area contributed by atoms with Crippen LogP contribution < -0.4 is 11.5 Å². The molecule has 3 aromatic rings. The molecule has 0 radical (unpaired) electrons. The number of aromatic nitrogens is 3. The fourth-order valence-electron chi connectivity index (χ4n) is 2.05. The van der Waals surface area contributed by atoms with Crippen molar-refractivity contribution in [3.05, 3.63) is 51.6 Å². The van der Waals surface area contributed by atoms with E-state index in [-0.39, 0.29) is 5.63 Å². The van der Waals surface area contributed by atoms with Gasteiger partial charge in [-0.3, -0.25) is 0 Å². The molecular weight excluding hydrogens is 288 g/mol. The van der Waals surface area contributed by atoms with Gasteiger partial charge < -0.3 is 10.3 Å². The molecule has 0 saturated heterocycles. The topological polar surface area (TPSA) is 86.9 Å². The minimum Gasteiger partial charge on any atom is -0.423 e. The number of nitrogen functional groups attached to an aromatic ring is 1. The molecule has 0 amide bonds. The second-order valence-corrected chi connectivity index (χ2v) is 5.72. The maximum atomic E-state index is 11.7. The maximum Gasteiger partial charge on any atom is 0.336 e. The van der Waals surface area contributed by atoms with Crippen LogP contribution in [0.3, 0.4) is 0 Å². The molecule has 0 aliphatic carbocycles. The van der Waals surface area contributed by atoms with Crippen molar-refractivity contribution < 1.29 is 4.42 Å². The van der Waals surface area contributed by atoms with Crippen LogP contribution in [0.2, 0.25) is 0 Å². The first kappa shape index (κ1) is 13.7. The predicted octanol–water partition coefficient (Wildman–Crippen LogP) is 2.01. The highest BCUT2D eigenvalue weighted by Gasteiger charge is 2.10. The summed E-state index contributed by atoms with van der Waals surface area (Å²) < 4.78 is 6.67. The average molecular weight is 302 g/mol. The molecule has 2 N–H and O–H groups in total. The summed E-state index contributed by atoms with van der Waals surface area (Å²) in [7, 11) is 0. The number of hydrogen-bond acceptors (Lipinski definition) is 6. The number of nitrogens with two attached hydrogens (primary N) is 1. The molecule has 3 rings (SSSR count). The lowest BCUT2D eigenvalue weighted by Crippen LogP contribution is -2.11. The second kappa shape index (κ2) is 5.25. The average Bonchev–Trinajstić information content (AvgIpc) is 2.75. The lowest BCUT2D eigenvalue weighted by Gasteiger charge is -2.05. The van der Waals surface area contributed by atoms with Gasteiger partial charge in [0.2, 0.25) is 5.16 Å². The molecule has 7 heteroatoms. The summed E-state index contributed by atoms with van der Waals surface area (Å²) in [5.74, 6) is 7.03. The van der Waals surface area contributed by atoms with Crippen molar-refractivity contribution in [2.45, 2.75) is 24.8 Å². The van der Waals surface area contributed by atoms with Gasteiger partial charge >= 0.3 is 5.63 Å². The Morgan fingerprint density at radius 1 is 1.29 bits per heavy atom. The summed E-state index contributed by atoms with van der Waals surface area (Å²) in [4.78, 5) is 11.7. The second-order valence-electron chi connectivity index (χ2n) is 4.78. The van der Waals surface area contributed by atoms with Gasteiger partial charge in [-0.25, -0.2) is 9.47 Å². The third-order valence-electron chi connectivity index (χ3n) is 3.18. The molecule has 0 atom stereocenters. The Labute approximate surface area is 124 Å². The Morgan fingerprint density at radius 2 is 2.10 bits per heavy atom. The molecule has 1 aromatic carbocycles. The van der Waals surface area contributed by atoms with Gasteiger partial charge in [0, 0.05) is 17.2 Å². The number of rotatable bonds is 3. The zero-order valence-electron chi connectivity index (χ0n) is 11.7. The fourth-order valence-corrected chi connectivity index (χ4v) is 2.94. The summed E-state index contributed by atoms with van der Waals surface area (Å²) in [6.45, 7) is 3.74. The van der Waals surface area contributed by atoms with Crippen LogP contribution >= 0.6 is 11.8 Å². The van der Waals surface area contributed by atoms with Crippen LogP contribution in [-0.2, 0) is 5.75 Å². The molecule has 0 bridgehead atoms. The summed E-state index contributed by atoms with van der Waals surface area (Å²) in [6, 6.07) is 7.32. The molecule has 108 valence electrons. The van der Waals surface area contributed by atoms with Crippen molar-refractivity contribution in [1.29, 1.82) is 0 Å². The molecule has 0 aliphatic heterocycles. The molecule has 2 heterocycles. The van der Waals surface area contributed by atoms with E-state index in [2.05, 4.69) is 10.2 Å². The van der Waals surface area contributed by atoms with E-state index in [0.717, 1.165) is 16.5 Å². The minimum absolute atomic E-state index is 0.353. The molecule has 6 nitrogen and oxygen atoms in total. The van der Waals surface area contributed by atoms with Crippen LogP contribution in [0, 0.1) is 13.8 Å². The van der Waals surface area contributed by atoms with E-state index >= 15 is 0 Å². The van der Waals surface area contributed by atoms with Crippen LogP contribution in [0.25, 0.3) is 11.0 Å². The molecule has 0 spiro atoms. The number of fused-ring (bicyclic) bond motifs is 1. The normalized spacial score (nSPS) is 11.1. The molecule has 0 aliphatic rings. The lowest BCUT2D eigenvalue weighted by molar-refractivity contribution is 0.559. The summed E-state index contributed by atoms with van der Waals surface area (Å²) >= 11 is 1.43. The summed E-state index contributed by atoms with van der Waals surface area (Å²) in [6.07, 6.45) is 0. The monoisotopic (exact) mass is 302 g/mol. The Hall–Kier alpha value is -2.28. The van der Waals surface area contributed by atoms with E-state index in [9.17, 15) is 4.79 Å². The van der Waals surface area contributed by atoms with E-state index in [0.29, 0.717) is 22.3 Å². The van der Waals surface area contributed by atoms with Crippen LogP contribution in [0.1, 0.15) is 17.0 Å². The third kappa shape index (κ3) is 2.64. The SMILES string of the molecule is Cc1ccc2c(CSc3nnc(C)n3N)cc(=O)oc2c1. The van der Waals surface area contributed by atoms with E-state index in [1.807, 2.05) is 25.1 Å². The zero-order chi connectivity index (χ0) is 15.0. The Bertz CT molecular complexity index is 869. The Morgan fingerprint density at radius 3 is 2.81 bits per heavy atom. The number of hydrogen-bond donors (Lipinski definition) is 1. The number of nitrogens with zero attached hydrogens (tertiary/aromatic N) is 3. The van der Waals surface area contributed by atoms with Crippen LogP contribution in [0.5, 0.6) is 0 Å². The minimum atomic E-state index is -0.353. The number of benzene rings is 1. The van der Waals surface area contributed by atoms with E-state index < -0.39 is 0 Å². The first-order chi connectivity index (χ1) is 10.0. The summed E-state index contributed by atoms with van der Waals surface area (Å²) in [5, 5.41) is 9.44. The van der Waals surface area contributed by atoms with Crippen LogP contribution in [0.4, 0.5) is 0 Å². The number of aryl methyl sites for hydroxylation is 2. The van der Waals surface area contributed by atoms with Crippen LogP contribution in [-0.4, -0.2) is 14.9 Å². The van der Waals surface area contributed by atoms with Gasteiger partial charge in [0.25, 0.3) is 0 Å². The van der Waals surface area contributed by atoms with Crippen molar-refractivity contribution in [3.63, 3.8) is 0 Å². The van der Waals surface area contributed by atoms with Gasteiger partial charge in [-0.2, -0.15) is 0 Å². The summed E-state index contributed by atoms with van der Waals surface area (Å²) in [5.41, 5.74) is 2.19. The van der Waals surface area contributed by atoms with Gasteiger partial charge in [0.15, 0.2) is 0 Å². The van der Waals surface area contributed by atoms with Crippen molar-refractivity contribution in [2.75, 3.05) is 5.84 Å². The van der Waals surface area contributed by atoms with E-state index in [4.69, 9.17) is 10.3 Å². The largest absolute Gasteiger partial charge is 0.423 e. The van der Waals surface area contributed by atoms with Gasteiger partial charge in [-0.05, 0) is 31.0 Å².